The third-order valence-electron chi connectivity index (χ3n) is 6.08. The molecule has 0 amide bonds. The van der Waals surface area contributed by atoms with Crippen LogP contribution in [0.4, 0.5) is 10.1 Å². The van der Waals surface area contributed by atoms with Gasteiger partial charge in [0.25, 0.3) is 0 Å². The highest BCUT2D eigenvalue weighted by molar-refractivity contribution is 7.80. The average Bonchev–Trinajstić information content (AvgIpc) is 3.31. The predicted octanol–water partition coefficient (Wildman–Crippen LogP) is 6.46. The van der Waals surface area contributed by atoms with Crippen LogP contribution >= 0.6 is 23.8 Å². The molecule has 3 heterocycles. The van der Waals surface area contributed by atoms with Crippen molar-refractivity contribution in [3.8, 4) is 5.69 Å². The number of halogens is 2. The van der Waals surface area contributed by atoms with Crippen molar-refractivity contribution in [1.82, 2.24) is 14.9 Å². The molecule has 7 heteroatoms. The first-order valence-corrected chi connectivity index (χ1v) is 11.4. The third-order valence-corrected chi connectivity index (χ3v) is 6.65. The maximum atomic E-state index is 15.0. The Labute approximate surface area is 202 Å². The highest BCUT2D eigenvalue weighted by Crippen LogP contribution is 2.44. The predicted molar refractivity (Wildman–Crippen MR) is 135 cm³/mol. The Bertz CT molecular complexity index is 1320. The Kier molecular flexibility index (Phi) is 5.64. The van der Waals surface area contributed by atoms with Crippen molar-refractivity contribution in [1.29, 1.82) is 0 Å². The van der Waals surface area contributed by atoms with E-state index in [9.17, 15) is 4.39 Å². The van der Waals surface area contributed by atoms with Crippen LogP contribution in [0.5, 0.6) is 0 Å². The summed E-state index contributed by atoms with van der Waals surface area (Å²) in [6.45, 7) is 4.14. The maximum absolute atomic E-state index is 15.0. The maximum Gasteiger partial charge on any atom is 0.174 e. The van der Waals surface area contributed by atoms with Crippen LogP contribution < -0.4 is 10.2 Å². The Hall–Kier alpha value is -3.22. The molecule has 166 valence electrons. The second-order valence-corrected chi connectivity index (χ2v) is 8.91. The number of nitrogens with one attached hydrogen (secondary N) is 1. The molecule has 0 radical (unpaired) electrons. The molecule has 2 atom stereocenters. The molecule has 2 unspecified atom stereocenters. The van der Waals surface area contributed by atoms with Gasteiger partial charge in [0.15, 0.2) is 5.11 Å². The molecule has 2 aromatic heterocycles. The van der Waals surface area contributed by atoms with Gasteiger partial charge in [-0.3, -0.25) is 4.98 Å². The number of benzene rings is 2. The van der Waals surface area contributed by atoms with E-state index in [4.69, 9.17) is 23.8 Å². The van der Waals surface area contributed by atoms with Crippen LogP contribution in [0.25, 0.3) is 5.69 Å². The molecule has 0 bridgehead atoms. The van der Waals surface area contributed by atoms with E-state index in [1.54, 1.807) is 18.3 Å². The summed E-state index contributed by atoms with van der Waals surface area (Å²) in [5.41, 5.74) is 5.47. The molecule has 1 fully saturated rings. The van der Waals surface area contributed by atoms with Crippen LogP contribution in [-0.2, 0) is 0 Å². The number of nitrogens with zero attached hydrogens (tertiary/aromatic N) is 3. The second kappa shape index (κ2) is 8.61. The molecule has 2 aromatic carbocycles. The fourth-order valence-electron chi connectivity index (χ4n) is 4.65. The van der Waals surface area contributed by atoms with Crippen molar-refractivity contribution in [2.24, 2.45) is 0 Å². The summed E-state index contributed by atoms with van der Waals surface area (Å²) in [5.74, 6) is -0.320. The minimum absolute atomic E-state index is 0.238. The van der Waals surface area contributed by atoms with Crippen LogP contribution in [-0.4, -0.2) is 14.7 Å². The lowest BCUT2D eigenvalue weighted by atomic mass is 9.96. The highest BCUT2D eigenvalue weighted by atomic mass is 35.5. The van der Waals surface area contributed by atoms with Crippen LogP contribution in [0.1, 0.15) is 34.7 Å². The van der Waals surface area contributed by atoms with Gasteiger partial charge in [-0.1, -0.05) is 29.8 Å². The molecule has 5 rings (SSSR count). The van der Waals surface area contributed by atoms with Gasteiger partial charge in [-0.05, 0) is 86.2 Å². The van der Waals surface area contributed by atoms with Gasteiger partial charge in [0, 0.05) is 28.3 Å². The fraction of sp³-hybridized carbons (Fsp3) is 0.154. The number of aryl methyl sites for hydroxylation is 1. The topological polar surface area (TPSA) is 33.1 Å². The first-order chi connectivity index (χ1) is 16.0. The Morgan fingerprint density at radius 1 is 1.00 bits per heavy atom. The van der Waals surface area contributed by atoms with Gasteiger partial charge < -0.3 is 14.8 Å². The fourth-order valence-corrected chi connectivity index (χ4v) is 5.12. The minimum Gasteiger partial charge on any atom is -0.351 e. The second-order valence-electron chi connectivity index (χ2n) is 8.09. The first kappa shape index (κ1) is 21.6. The Morgan fingerprint density at radius 3 is 2.42 bits per heavy atom. The summed E-state index contributed by atoms with van der Waals surface area (Å²) in [6.07, 6.45) is 1.76. The highest BCUT2D eigenvalue weighted by Gasteiger charge is 2.43. The lowest BCUT2D eigenvalue weighted by Gasteiger charge is -2.28. The van der Waals surface area contributed by atoms with E-state index in [0.717, 1.165) is 28.3 Å². The standard InChI is InChI=1S/C26H22ClFN4S/c1-16-15-20(17(2)31(16)19-12-10-18(27)11-13-19)25-24(22-8-5-6-14-29-22)30-26(33)32(25)23-9-4-3-7-21(23)28/h3-15,24-25H,1-2H3,(H,30,33). The van der Waals surface area contributed by atoms with E-state index in [2.05, 4.69) is 34.8 Å². The number of hydrogen-bond acceptors (Lipinski definition) is 2. The summed E-state index contributed by atoms with van der Waals surface area (Å²) in [7, 11) is 0. The van der Waals surface area contributed by atoms with E-state index >= 15 is 0 Å². The molecule has 0 saturated carbocycles. The molecule has 0 aliphatic carbocycles. The summed E-state index contributed by atoms with van der Waals surface area (Å²) >= 11 is 11.8. The van der Waals surface area contributed by atoms with Crippen LogP contribution in [0.3, 0.4) is 0 Å². The quantitative estimate of drug-likeness (QED) is 0.343. The van der Waals surface area contributed by atoms with Crippen molar-refractivity contribution in [3.05, 3.63) is 112 Å². The van der Waals surface area contributed by atoms with Crippen LogP contribution in [0.2, 0.25) is 5.02 Å². The monoisotopic (exact) mass is 476 g/mol. The largest absolute Gasteiger partial charge is 0.351 e. The summed E-state index contributed by atoms with van der Waals surface area (Å²) in [4.78, 5) is 6.46. The summed E-state index contributed by atoms with van der Waals surface area (Å²) in [5, 5.41) is 4.56. The van der Waals surface area contributed by atoms with Crippen molar-refractivity contribution in [2.45, 2.75) is 25.9 Å². The Balaban J connectivity index is 1.69. The molecule has 33 heavy (non-hydrogen) atoms. The molecule has 1 N–H and O–H groups in total. The van der Waals surface area contributed by atoms with E-state index in [0.29, 0.717) is 15.8 Å². The van der Waals surface area contributed by atoms with Gasteiger partial charge in [0.2, 0.25) is 0 Å². The number of thiocarbonyl (C=S) groups is 1. The zero-order valence-corrected chi connectivity index (χ0v) is 19.7. The molecule has 4 aromatic rings. The van der Waals surface area contributed by atoms with Crippen molar-refractivity contribution >= 4 is 34.6 Å². The van der Waals surface area contributed by atoms with Crippen LogP contribution in [0.15, 0.2) is 79.0 Å². The van der Waals surface area contributed by atoms with Crippen molar-refractivity contribution in [3.63, 3.8) is 0 Å². The van der Waals surface area contributed by atoms with Gasteiger partial charge in [-0.2, -0.15) is 0 Å². The van der Waals surface area contributed by atoms with Crippen molar-refractivity contribution in [2.75, 3.05) is 4.90 Å². The van der Waals surface area contributed by atoms with E-state index in [-0.39, 0.29) is 17.9 Å². The van der Waals surface area contributed by atoms with Gasteiger partial charge in [0.1, 0.15) is 5.82 Å². The number of hydrogen-bond donors (Lipinski definition) is 1. The number of aromatic nitrogens is 2. The zero-order chi connectivity index (χ0) is 23.1. The first-order valence-electron chi connectivity index (χ1n) is 10.7. The van der Waals surface area contributed by atoms with Gasteiger partial charge in [-0.15, -0.1) is 0 Å². The zero-order valence-electron chi connectivity index (χ0n) is 18.2. The molecule has 1 aliphatic heterocycles. The average molecular weight is 477 g/mol. The Morgan fingerprint density at radius 2 is 1.73 bits per heavy atom. The van der Waals surface area contributed by atoms with E-state index < -0.39 is 0 Å². The normalized spacial score (nSPS) is 17.9. The number of pyridine rings is 1. The SMILES string of the molecule is Cc1cc(C2C(c3ccccn3)NC(=S)N2c2ccccc2F)c(C)n1-c1ccc(Cl)cc1. The molecular formula is C26H22ClFN4S. The van der Waals surface area contributed by atoms with E-state index in [1.807, 2.05) is 53.4 Å². The van der Waals surface area contributed by atoms with Gasteiger partial charge >= 0.3 is 0 Å². The third kappa shape index (κ3) is 3.79. The number of anilines is 1. The molecular weight excluding hydrogens is 455 g/mol. The van der Waals surface area contributed by atoms with Gasteiger partial charge in [0.05, 0.1) is 23.5 Å². The molecule has 0 spiro atoms. The number of rotatable bonds is 4. The van der Waals surface area contributed by atoms with E-state index in [1.165, 1.54) is 6.07 Å². The minimum atomic E-state index is -0.320. The number of para-hydroxylation sites is 1. The smallest absolute Gasteiger partial charge is 0.174 e. The summed E-state index contributed by atoms with van der Waals surface area (Å²) in [6, 6.07) is 21.9. The van der Waals surface area contributed by atoms with Crippen molar-refractivity contribution < 1.29 is 4.39 Å². The lowest BCUT2D eigenvalue weighted by Crippen LogP contribution is -2.30. The lowest BCUT2D eigenvalue weighted by molar-refractivity contribution is 0.556. The molecule has 4 nitrogen and oxygen atoms in total. The van der Waals surface area contributed by atoms with Gasteiger partial charge in [-0.25, -0.2) is 4.39 Å². The molecule has 1 saturated heterocycles. The summed E-state index contributed by atoms with van der Waals surface area (Å²) < 4.78 is 17.1. The molecule has 1 aliphatic rings. The van der Waals surface area contributed by atoms with Crippen LogP contribution in [0, 0.1) is 19.7 Å².